The molecular weight excluding hydrogens is 362 g/mol. The van der Waals surface area contributed by atoms with Crippen LogP contribution in [0.3, 0.4) is 0 Å². The van der Waals surface area contributed by atoms with E-state index in [2.05, 4.69) is 13.0 Å². The van der Waals surface area contributed by atoms with E-state index in [0.717, 1.165) is 30.6 Å². The molecule has 3 rings (SSSR count). The molecule has 2 aromatic rings. The summed E-state index contributed by atoms with van der Waals surface area (Å²) in [6.45, 7) is 4.98. The van der Waals surface area contributed by atoms with Crippen LogP contribution >= 0.6 is 0 Å². The summed E-state index contributed by atoms with van der Waals surface area (Å²) in [5, 5.41) is 0. The summed E-state index contributed by atoms with van der Waals surface area (Å²) in [7, 11) is 0. The molecule has 0 saturated heterocycles. The van der Waals surface area contributed by atoms with E-state index in [1.807, 2.05) is 24.3 Å². The van der Waals surface area contributed by atoms with Gasteiger partial charge >= 0.3 is 0 Å². The number of halogens is 2. The van der Waals surface area contributed by atoms with Crippen molar-refractivity contribution in [2.45, 2.75) is 45.6 Å². The molecule has 28 heavy (non-hydrogen) atoms. The Morgan fingerprint density at radius 1 is 0.964 bits per heavy atom. The Morgan fingerprint density at radius 2 is 1.64 bits per heavy atom. The van der Waals surface area contributed by atoms with E-state index in [0.29, 0.717) is 12.5 Å². The molecule has 1 unspecified atom stereocenters. The highest BCUT2D eigenvalue weighted by Crippen LogP contribution is 2.30. The summed E-state index contributed by atoms with van der Waals surface area (Å²) in [5.41, 5.74) is 2.09. The molecule has 0 bridgehead atoms. The van der Waals surface area contributed by atoms with E-state index >= 15 is 0 Å². The second kappa shape index (κ2) is 9.58. The first kappa shape index (κ1) is 20.2. The molecule has 0 spiro atoms. The average molecular weight is 388 g/mol. The van der Waals surface area contributed by atoms with Gasteiger partial charge in [0.05, 0.1) is 19.0 Å². The van der Waals surface area contributed by atoms with Crippen molar-refractivity contribution in [3.63, 3.8) is 0 Å². The van der Waals surface area contributed by atoms with Crippen LogP contribution in [0.25, 0.3) is 0 Å². The van der Waals surface area contributed by atoms with Crippen LogP contribution in [0.2, 0.25) is 0 Å². The van der Waals surface area contributed by atoms with E-state index in [-0.39, 0.29) is 24.7 Å². The second-order valence-corrected chi connectivity index (χ2v) is 6.82. The molecule has 0 N–H and O–H groups in total. The highest BCUT2D eigenvalue weighted by Gasteiger charge is 2.18. The van der Waals surface area contributed by atoms with Gasteiger partial charge in [0.1, 0.15) is 6.61 Å². The van der Waals surface area contributed by atoms with Crippen LogP contribution in [0.1, 0.15) is 50.2 Å². The fraction of sp³-hybridized carbons (Fsp3) is 0.391. The van der Waals surface area contributed by atoms with Gasteiger partial charge in [-0.15, -0.1) is 0 Å². The van der Waals surface area contributed by atoms with Crippen molar-refractivity contribution < 1.29 is 23.0 Å². The molecular formula is C23H26F2O3. The zero-order chi connectivity index (χ0) is 19.9. The molecule has 150 valence electrons. The molecule has 5 heteroatoms. The fourth-order valence-electron chi connectivity index (χ4n) is 3.20. The van der Waals surface area contributed by atoms with Gasteiger partial charge in [-0.25, -0.2) is 0 Å². The second-order valence-electron chi connectivity index (χ2n) is 6.82. The Morgan fingerprint density at radius 3 is 2.21 bits per heavy atom. The summed E-state index contributed by atoms with van der Waals surface area (Å²) in [6.07, 6.45) is 5.23. The number of hydrogen-bond donors (Lipinski definition) is 0. The lowest BCUT2D eigenvalue weighted by Crippen LogP contribution is -2.12. The van der Waals surface area contributed by atoms with Crippen molar-refractivity contribution in [3.8, 4) is 11.5 Å². The van der Waals surface area contributed by atoms with Crippen LogP contribution in [0.5, 0.6) is 11.5 Å². The first-order chi connectivity index (χ1) is 13.6. The average Bonchev–Trinajstić information content (AvgIpc) is 2.72. The fourth-order valence-corrected chi connectivity index (χ4v) is 3.20. The molecule has 1 aliphatic heterocycles. The Kier molecular flexibility index (Phi) is 6.90. The van der Waals surface area contributed by atoms with E-state index in [4.69, 9.17) is 14.2 Å². The van der Waals surface area contributed by atoms with Crippen LogP contribution in [-0.2, 0) is 11.3 Å². The third-order valence-electron chi connectivity index (χ3n) is 4.75. The third kappa shape index (κ3) is 4.83. The SMILES string of the molecule is CCCC1=CCC(c2ccc(COc3ccc(OCC)c(F)c3F)cc2)CO1. The Labute approximate surface area is 164 Å². The lowest BCUT2D eigenvalue weighted by atomic mass is 9.93. The number of rotatable bonds is 8. The van der Waals surface area contributed by atoms with Crippen molar-refractivity contribution in [1.82, 2.24) is 0 Å². The molecule has 0 aromatic heterocycles. The smallest absolute Gasteiger partial charge is 0.204 e. The molecule has 0 aliphatic carbocycles. The third-order valence-corrected chi connectivity index (χ3v) is 4.75. The number of benzene rings is 2. The minimum Gasteiger partial charge on any atom is -0.498 e. The van der Waals surface area contributed by atoms with Gasteiger partial charge in [0, 0.05) is 12.3 Å². The molecule has 3 nitrogen and oxygen atoms in total. The quantitative estimate of drug-likeness (QED) is 0.544. The first-order valence-corrected chi connectivity index (χ1v) is 9.76. The van der Waals surface area contributed by atoms with E-state index in [1.165, 1.54) is 17.7 Å². The first-order valence-electron chi connectivity index (χ1n) is 9.76. The van der Waals surface area contributed by atoms with Crippen LogP contribution in [0, 0.1) is 11.6 Å². The van der Waals surface area contributed by atoms with Crippen LogP contribution in [-0.4, -0.2) is 13.2 Å². The monoisotopic (exact) mass is 388 g/mol. The van der Waals surface area contributed by atoms with Gasteiger partial charge in [0.15, 0.2) is 11.5 Å². The predicted molar refractivity (Wildman–Crippen MR) is 105 cm³/mol. The normalized spacial score (nSPS) is 16.3. The summed E-state index contributed by atoms with van der Waals surface area (Å²) in [5.74, 6) is -0.859. The van der Waals surface area contributed by atoms with Crippen LogP contribution in [0.15, 0.2) is 48.2 Å². The molecule has 0 saturated carbocycles. The summed E-state index contributed by atoms with van der Waals surface area (Å²) < 4.78 is 44.3. The van der Waals surface area contributed by atoms with E-state index < -0.39 is 11.6 Å². The maximum atomic E-state index is 14.1. The molecule has 0 radical (unpaired) electrons. The van der Waals surface area contributed by atoms with Gasteiger partial charge in [-0.1, -0.05) is 31.2 Å². The largest absolute Gasteiger partial charge is 0.498 e. The molecule has 1 heterocycles. The van der Waals surface area contributed by atoms with Gasteiger partial charge in [-0.3, -0.25) is 0 Å². The zero-order valence-corrected chi connectivity index (χ0v) is 16.3. The summed E-state index contributed by atoms with van der Waals surface area (Å²) in [6, 6.07) is 10.7. The summed E-state index contributed by atoms with van der Waals surface area (Å²) in [4.78, 5) is 0. The topological polar surface area (TPSA) is 27.7 Å². The van der Waals surface area contributed by atoms with E-state index in [1.54, 1.807) is 6.92 Å². The summed E-state index contributed by atoms with van der Waals surface area (Å²) >= 11 is 0. The maximum Gasteiger partial charge on any atom is 0.204 e. The van der Waals surface area contributed by atoms with Gasteiger partial charge in [-0.2, -0.15) is 8.78 Å². The lowest BCUT2D eigenvalue weighted by Gasteiger charge is -2.23. The van der Waals surface area contributed by atoms with Gasteiger partial charge in [0.2, 0.25) is 11.6 Å². The molecule has 0 fully saturated rings. The lowest BCUT2D eigenvalue weighted by molar-refractivity contribution is 0.166. The van der Waals surface area contributed by atoms with Crippen molar-refractivity contribution in [2.24, 2.45) is 0 Å². The number of hydrogen-bond acceptors (Lipinski definition) is 3. The van der Waals surface area contributed by atoms with Crippen molar-refractivity contribution >= 4 is 0 Å². The van der Waals surface area contributed by atoms with Gasteiger partial charge < -0.3 is 14.2 Å². The zero-order valence-electron chi connectivity index (χ0n) is 16.3. The standard InChI is InChI=1S/C23H26F2O3/c1-3-5-19-11-10-18(15-27-19)17-8-6-16(7-9-17)14-28-21-13-12-20(26-4-2)22(24)23(21)25/h6-9,11-13,18H,3-5,10,14-15H2,1-2H3. The number of ether oxygens (including phenoxy) is 3. The van der Waals surface area contributed by atoms with Crippen molar-refractivity contribution in [3.05, 3.63) is 71.0 Å². The number of allylic oxidation sites excluding steroid dienone is 2. The Balaban J connectivity index is 1.59. The maximum absolute atomic E-state index is 14.1. The van der Waals surface area contributed by atoms with E-state index in [9.17, 15) is 8.78 Å². The van der Waals surface area contributed by atoms with Crippen LogP contribution < -0.4 is 9.47 Å². The molecule has 1 aliphatic rings. The highest BCUT2D eigenvalue weighted by atomic mass is 19.2. The van der Waals surface area contributed by atoms with Crippen LogP contribution in [0.4, 0.5) is 8.78 Å². The molecule has 1 atom stereocenters. The van der Waals surface area contributed by atoms with Gasteiger partial charge in [-0.05, 0) is 49.1 Å². The molecule has 2 aromatic carbocycles. The predicted octanol–water partition coefficient (Wildman–Crippen LogP) is 6.13. The van der Waals surface area contributed by atoms with Crippen molar-refractivity contribution in [1.29, 1.82) is 0 Å². The minimum absolute atomic E-state index is 0.109. The van der Waals surface area contributed by atoms with Gasteiger partial charge in [0.25, 0.3) is 0 Å². The Hall–Kier alpha value is -2.56. The Bertz CT molecular complexity index is 815. The molecule has 0 amide bonds. The minimum atomic E-state index is -1.03. The van der Waals surface area contributed by atoms with Crippen molar-refractivity contribution in [2.75, 3.05) is 13.2 Å². The highest BCUT2D eigenvalue weighted by molar-refractivity contribution is 5.35.